The van der Waals surface area contributed by atoms with Crippen molar-refractivity contribution in [1.29, 1.82) is 0 Å². The Bertz CT molecular complexity index is 1110. The molecular weight excluding hydrogens is 447 g/mol. The fraction of sp³-hybridized carbons (Fsp3) is 0.250. The van der Waals surface area contributed by atoms with E-state index in [0.717, 1.165) is 24.6 Å². The van der Waals surface area contributed by atoms with Crippen molar-refractivity contribution >= 4 is 57.4 Å². The molecule has 1 saturated heterocycles. The number of hydrogen-bond donors (Lipinski definition) is 1. The summed E-state index contributed by atoms with van der Waals surface area (Å²) >= 11 is 6.86. The summed E-state index contributed by atoms with van der Waals surface area (Å²) in [5.74, 6) is -1.28. The van der Waals surface area contributed by atoms with Gasteiger partial charge in [-0.1, -0.05) is 29.4 Å². The maximum Gasteiger partial charge on any atom is 0.271 e. The first-order valence-electron chi connectivity index (χ1n) is 9.39. The number of hydrogen-bond acceptors (Lipinski definition) is 6. The summed E-state index contributed by atoms with van der Waals surface area (Å²) in [7, 11) is 0. The van der Waals surface area contributed by atoms with Gasteiger partial charge in [-0.3, -0.25) is 24.6 Å². The molecule has 8 nitrogen and oxygen atoms in total. The van der Waals surface area contributed by atoms with Crippen LogP contribution < -0.4 is 5.32 Å². The number of nitro benzene ring substituents is 1. The number of nitrogens with one attached hydrogen (secondary N) is 1. The zero-order valence-corrected chi connectivity index (χ0v) is 17.5. The molecule has 1 aliphatic heterocycles. The van der Waals surface area contributed by atoms with E-state index in [1.807, 2.05) is 0 Å². The number of amidine groups is 1. The van der Waals surface area contributed by atoms with Gasteiger partial charge in [-0.25, -0.2) is 9.38 Å². The van der Waals surface area contributed by atoms with E-state index in [2.05, 4.69) is 10.3 Å². The van der Waals surface area contributed by atoms with Crippen LogP contribution in [0.25, 0.3) is 0 Å². The SMILES string of the molecule is O=C(CC1SC(=Nc2ccc(Cl)c(F)c2)N(C2CC2)C1=O)Nc1cccc([N+](=O)[O-])c1. The van der Waals surface area contributed by atoms with Gasteiger partial charge in [0.15, 0.2) is 5.17 Å². The van der Waals surface area contributed by atoms with E-state index in [-0.39, 0.29) is 34.8 Å². The first kappa shape index (κ1) is 21.3. The molecule has 1 atom stereocenters. The minimum absolute atomic E-state index is 0.0196. The monoisotopic (exact) mass is 462 g/mol. The predicted molar refractivity (Wildman–Crippen MR) is 116 cm³/mol. The Morgan fingerprint density at radius 3 is 2.77 bits per heavy atom. The second-order valence-electron chi connectivity index (χ2n) is 7.10. The molecule has 2 aromatic rings. The number of non-ortho nitro benzene ring substituents is 1. The number of nitro groups is 1. The van der Waals surface area contributed by atoms with E-state index in [0.29, 0.717) is 10.9 Å². The Kier molecular flexibility index (Phi) is 5.92. The Balaban J connectivity index is 1.49. The highest BCUT2D eigenvalue weighted by molar-refractivity contribution is 8.15. The van der Waals surface area contributed by atoms with Crippen LogP contribution in [-0.4, -0.2) is 38.1 Å². The van der Waals surface area contributed by atoms with Gasteiger partial charge in [-0.15, -0.1) is 0 Å². The number of carbonyl (C=O) groups excluding carboxylic acids is 2. The van der Waals surface area contributed by atoms with Crippen LogP contribution in [0, 0.1) is 15.9 Å². The van der Waals surface area contributed by atoms with Crippen LogP contribution in [-0.2, 0) is 9.59 Å². The lowest BCUT2D eigenvalue weighted by molar-refractivity contribution is -0.384. The first-order valence-corrected chi connectivity index (χ1v) is 10.7. The number of amides is 2. The van der Waals surface area contributed by atoms with Crippen LogP contribution in [0.1, 0.15) is 19.3 Å². The predicted octanol–water partition coefficient (Wildman–Crippen LogP) is 4.51. The Morgan fingerprint density at radius 2 is 2.10 bits per heavy atom. The molecule has 160 valence electrons. The van der Waals surface area contributed by atoms with Crippen molar-refractivity contribution in [3.8, 4) is 0 Å². The molecule has 1 aliphatic carbocycles. The summed E-state index contributed by atoms with van der Waals surface area (Å²) in [6, 6.07) is 9.73. The van der Waals surface area contributed by atoms with Crippen molar-refractivity contribution in [3.05, 3.63) is 63.4 Å². The standard InChI is InChI=1S/C20H16ClFN4O4S/c21-15-7-4-12(9-16(15)22)24-20-25(13-5-6-13)19(28)17(31-20)10-18(27)23-11-2-1-3-14(8-11)26(29)30/h1-4,7-9,13,17H,5-6,10H2,(H,23,27). The van der Waals surface area contributed by atoms with Crippen molar-refractivity contribution < 1.29 is 18.9 Å². The normalized spacial score (nSPS) is 19.7. The van der Waals surface area contributed by atoms with Crippen LogP contribution in [0.15, 0.2) is 47.5 Å². The Labute approximate surface area is 185 Å². The number of carbonyl (C=O) groups is 2. The van der Waals surface area contributed by atoms with Gasteiger partial charge >= 0.3 is 0 Å². The van der Waals surface area contributed by atoms with Gasteiger partial charge < -0.3 is 5.32 Å². The number of anilines is 1. The molecule has 2 fully saturated rings. The third kappa shape index (κ3) is 4.86. The van der Waals surface area contributed by atoms with E-state index in [4.69, 9.17) is 11.6 Å². The highest BCUT2D eigenvalue weighted by atomic mass is 35.5. The lowest BCUT2D eigenvalue weighted by Gasteiger charge is -2.15. The quantitative estimate of drug-likeness (QED) is 0.502. The number of benzene rings is 2. The first-order chi connectivity index (χ1) is 14.8. The molecule has 4 rings (SSSR count). The summed E-state index contributed by atoms with van der Waals surface area (Å²) in [5.41, 5.74) is 0.456. The topological polar surface area (TPSA) is 105 Å². The second kappa shape index (κ2) is 8.64. The number of rotatable bonds is 6. The number of nitrogens with zero attached hydrogens (tertiary/aromatic N) is 3. The van der Waals surface area contributed by atoms with Crippen molar-refractivity contribution in [2.45, 2.75) is 30.6 Å². The van der Waals surface area contributed by atoms with Gasteiger partial charge in [0.25, 0.3) is 5.69 Å². The fourth-order valence-corrected chi connectivity index (χ4v) is 4.44. The molecule has 31 heavy (non-hydrogen) atoms. The van der Waals surface area contributed by atoms with Crippen molar-refractivity contribution in [1.82, 2.24) is 4.90 Å². The molecule has 1 heterocycles. The lowest BCUT2D eigenvalue weighted by atomic mass is 10.2. The zero-order valence-electron chi connectivity index (χ0n) is 16.0. The molecule has 0 aromatic heterocycles. The van der Waals surface area contributed by atoms with Crippen LogP contribution in [0.3, 0.4) is 0 Å². The molecule has 11 heteroatoms. The van der Waals surface area contributed by atoms with E-state index in [1.165, 1.54) is 36.4 Å². The van der Waals surface area contributed by atoms with E-state index in [9.17, 15) is 24.1 Å². The maximum absolute atomic E-state index is 13.7. The van der Waals surface area contributed by atoms with Gasteiger partial charge in [0, 0.05) is 36.3 Å². The minimum atomic E-state index is -0.685. The lowest BCUT2D eigenvalue weighted by Crippen LogP contribution is -2.35. The molecule has 2 aliphatic rings. The summed E-state index contributed by atoms with van der Waals surface area (Å²) in [4.78, 5) is 41.7. The summed E-state index contributed by atoms with van der Waals surface area (Å²) in [5, 5.41) is 13.2. The van der Waals surface area contributed by atoms with Crippen LogP contribution >= 0.6 is 23.4 Å². The van der Waals surface area contributed by atoms with Gasteiger partial charge in [0.1, 0.15) is 11.1 Å². The fourth-order valence-electron chi connectivity index (χ4n) is 3.10. The largest absolute Gasteiger partial charge is 0.326 e. The van der Waals surface area contributed by atoms with Crippen LogP contribution in [0.5, 0.6) is 0 Å². The number of aliphatic imine (C=N–C) groups is 1. The molecule has 2 aromatic carbocycles. The average molecular weight is 463 g/mol. The summed E-state index contributed by atoms with van der Waals surface area (Å²) in [6.07, 6.45) is 1.56. The van der Waals surface area contributed by atoms with Crippen molar-refractivity contribution in [2.75, 3.05) is 5.32 Å². The molecule has 0 spiro atoms. The molecule has 0 bridgehead atoms. The molecular formula is C20H16ClFN4O4S. The number of thioether (sulfide) groups is 1. The summed E-state index contributed by atoms with van der Waals surface area (Å²) in [6.45, 7) is 0. The molecule has 1 saturated carbocycles. The van der Waals surface area contributed by atoms with Gasteiger partial charge in [-0.05, 0) is 31.0 Å². The van der Waals surface area contributed by atoms with E-state index in [1.54, 1.807) is 11.0 Å². The second-order valence-corrected chi connectivity index (χ2v) is 8.68. The molecule has 1 unspecified atom stereocenters. The molecule has 2 amide bonds. The number of halogens is 2. The Morgan fingerprint density at radius 1 is 1.32 bits per heavy atom. The van der Waals surface area contributed by atoms with Crippen molar-refractivity contribution in [3.63, 3.8) is 0 Å². The average Bonchev–Trinajstić information content (AvgIpc) is 3.51. The van der Waals surface area contributed by atoms with E-state index < -0.39 is 21.9 Å². The maximum atomic E-state index is 13.7. The van der Waals surface area contributed by atoms with Gasteiger partial charge in [0.05, 0.1) is 15.6 Å². The zero-order chi connectivity index (χ0) is 22.1. The molecule has 1 N–H and O–H groups in total. The van der Waals surface area contributed by atoms with Gasteiger partial charge in [-0.2, -0.15) is 0 Å². The van der Waals surface area contributed by atoms with Crippen LogP contribution in [0.2, 0.25) is 5.02 Å². The highest BCUT2D eigenvalue weighted by Gasteiger charge is 2.46. The third-order valence-corrected chi connectivity index (χ3v) is 6.18. The highest BCUT2D eigenvalue weighted by Crippen LogP contribution is 2.39. The van der Waals surface area contributed by atoms with Crippen molar-refractivity contribution in [2.24, 2.45) is 4.99 Å². The van der Waals surface area contributed by atoms with Gasteiger partial charge in [0.2, 0.25) is 11.8 Å². The smallest absolute Gasteiger partial charge is 0.271 e. The molecule has 0 radical (unpaired) electrons. The van der Waals surface area contributed by atoms with Crippen LogP contribution in [0.4, 0.5) is 21.5 Å². The third-order valence-electron chi connectivity index (χ3n) is 4.72. The van der Waals surface area contributed by atoms with E-state index >= 15 is 0 Å². The minimum Gasteiger partial charge on any atom is -0.326 e. The summed E-state index contributed by atoms with van der Waals surface area (Å²) < 4.78 is 13.7. The Hall–Kier alpha value is -2.98.